The minimum absolute atomic E-state index is 0.0330. The first-order valence-corrected chi connectivity index (χ1v) is 13.2. The number of hydrogen-bond donors (Lipinski definition) is 1. The fourth-order valence-corrected chi connectivity index (χ4v) is 7.58. The zero-order valence-corrected chi connectivity index (χ0v) is 21.3. The van der Waals surface area contributed by atoms with Gasteiger partial charge in [0.1, 0.15) is 5.41 Å². The lowest BCUT2D eigenvalue weighted by molar-refractivity contribution is -0.122. The van der Waals surface area contributed by atoms with Crippen molar-refractivity contribution in [1.82, 2.24) is 9.55 Å². The number of carbonyl (C=O) groups excluding carboxylic acids is 1. The number of anilines is 1. The second-order valence-corrected chi connectivity index (χ2v) is 10.7. The number of fused-ring (bicyclic) bond motifs is 7. The molecule has 6 aromatic rings. The molecule has 3 heterocycles. The van der Waals surface area contributed by atoms with Gasteiger partial charge < -0.3 is 14.5 Å². The summed E-state index contributed by atoms with van der Waals surface area (Å²) in [5, 5.41) is 2.36. The van der Waals surface area contributed by atoms with Gasteiger partial charge in [-0.1, -0.05) is 84.9 Å². The molecular weight excluding hydrogens is 466 g/mol. The van der Waals surface area contributed by atoms with Crippen molar-refractivity contribution in [1.29, 1.82) is 0 Å². The summed E-state index contributed by atoms with van der Waals surface area (Å²) in [4.78, 5) is 20.5. The normalized spacial score (nSPS) is 22.1. The van der Waals surface area contributed by atoms with E-state index in [0.717, 1.165) is 33.4 Å². The Balaban J connectivity index is 1.57. The number of hydrogen-bond acceptors (Lipinski definition) is 1. The summed E-state index contributed by atoms with van der Waals surface area (Å²) >= 11 is 0. The Morgan fingerprint density at radius 2 is 1.45 bits per heavy atom. The number of amides is 1. The van der Waals surface area contributed by atoms with Crippen LogP contribution in [0.3, 0.4) is 0 Å². The van der Waals surface area contributed by atoms with Crippen molar-refractivity contribution in [3.63, 3.8) is 0 Å². The smallest absolute Gasteiger partial charge is 0.242 e. The molecule has 4 heteroatoms. The highest BCUT2D eigenvalue weighted by atomic mass is 16.2. The van der Waals surface area contributed by atoms with Crippen LogP contribution in [0.5, 0.6) is 0 Å². The van der Waals surface area contributed by atoms with Gasteiger partial charge >= 0.3 is 0 Å². The van der Waals surface area contributed by atoms with E-state index in [2.05, 4.69) is 120 Å². The maximum absolute atomic E-state index is 14.8. The Kier molecular flexibility index (Phi) is 4.24. The number of nitrogens with zero attached hydrogens (tertiary/aromatic N) is 2. The Morgan fingerprint density at radius 3 is 2.29 bits per heavy atom. The highest BCUT2D eigenvalue weighted by molar-refractivity contribution is 6.14. The lowest BCUT2D eigenvalue weighted by Gasteiger charge is -2.35. The summed E-state index contributed by atoms with van der Waals surface area (Å²) < 4.78 is 2.22. The van der Waals surface area contributed by atoms with E-state index >= 15 is 0 Å². The number of benzene rings is 4. The number of aromatic amines is 1. The van der Waals surface area contributed by atoms with Crippen LogP contribution in [0, 0.1) is 0 Å². The summed E-state index contributed by atoms with van der Waals surface area (Å²) in [7, 11) is 4.04. The maximum atomic E-state index is 14.8. The highest BCUT2D eigenvalue weighted by Gasteiger charge is 2.65. The molecule has 4 aromatic carbocycles. The Bertz CT molecular complexity index is 1900. The second kappa shape index (κ2) is 7.48. The van der Waals surface area contributed by atoms with Gasteiger partial charge in [-0.15, -0.1) is 0 Å². The van der Waals surface area contributed by atoms with E-state index in [1.54, 1.807) is 0 Å². The number of H-pyrrole nitrogens is 1. The lowest BCUT2D eigenvalue weighted by atomic mass is 9.64. The van der Waals surface area contributed by atoms with Crippen LogP contribution in [0.4, 0.5) is 5.69 Å². The maximum Gasteiger partial charge on any atom is 0.242 e. The van der Waals surface area contributed by atoms with Crippen molar-refractivity contribution in [3.05, 3.63) is 137 Å². The second-order valence-electron chi connectivity index (χ2n) is 10.7. The zero-order chi connectivity index (χ0) is 25.6. The molecule has 0 radical (unpaired) electrons. The van der Waals surface area contributed by atoms with E-state index in [4.69, 9.17) is 0 Å². The summed E-state index contributed by atoms with van der Waals surface area (Å²) in [5.74, 6) is -0.00494. The summed E-state index contributed by atoms with van der Waals surface area (Å²) in [6.07, 6.45) is 2.27. The van der Waals surface area contributed by atoms with Gasteiger partial charge in [0.15, 0.2) is 0 Å². The molecule has 0 saturated heterocycles. The van der Waals surface area contributed by atoms with Gasteiger partial charge in [-0.05, 0) is 34.9 Å². The minimum Gasteiger partial charge on any atom is -0.358 e. The van der Waals surface area contributed by atoms with Crippen LogP contribution in [-0.4, -0.2) is 22.5 Å². The fourth-order valence-electron chi connectivity index (χ4n) is 7.58. The van der Waals surface area contributed by atoms with E-state index in [0.29, 0.717) is 0 Å². The molecule has 0 fully saturated rings. The van der Waals surface area contributed by atoms with Crippen molar-refractivity contribution in [3.8, 4) is 0 Å². The monoisotopic (exact) mass is 493 g/mol. The lowest BCUT2D eigenvalue weighted by Crippen LogP contribution is -2.43. The number of aryl methyl sites for hydroxylation is 1. The molecule has 3 unspecified atom stereocenters. The van der Waals surface area contributed by atoms with Gasteiger partial charge in [0.25, 0.3) is 0 Å². The van der Waals surface area contributed by atoms with Crippen LogP contribution in [0.1, 0.15) is 39.8 Å². The molecule has 0 saturated carbocycles. The van der Waals surface area contributed by atoms with Crippen molar-refractivity contribution in [2.75, 3.05) is 11.9 Å². The Labute approximate surface area is 221 Å². The van der Waals surface area contributed by atoms with Gasteiger partial charge in [0, 0.05) is 70.9 Å². The van der Waals surface area contributed by atoms with Gasteiger partial charge in [-0.2, -0.15) is 0 Å². The molecule has 1 spiro atoms. The molecule has 2 aliphatic rings. The number of rotatable bonds is 2. The standard InChI is InChI=1S/C34H27N3O/c1-36-20-24(22-14-7-10-18-27(22)36)29-30(21-12-4-3-5-13-21)34(25-16-8-11-19-28(25)37(2)33(34)38)31-23-15-6-9-17-26(23)35-32(29)31/h3-20,29-30,35H,1-2H3. The van der Waals surface area contributed by atoms with E-state index in [1.807, 2.05) is 18.0 Å². The topological polar surface area (TPSA) is 41.0 Å². The van der Waals surface area contributed by atoms with Gasteiger partial charge in [-0.3, -0.25) is 4.79 Å². The molecule has 1 N–H and O–H groups in total. The van der Waals surface area contributed by atoms with Gasteiger partial charge in [0.2, 0.25) is 5.91 Å². The molecule has 2 aromatic heterocycles. The van der Waals surface area contributed by atoms with Crippen molar-refractivity contribution in [2.45, 2.75) is 17.3 Å². The molecule has 3 atom stereocenters. The van der Waals surface area contributed by atoms with E-state index in [1.165, 1.54) is 22.0 Å². The molecule has 184 valence electrons. The summed E-state index contributed by atoms with van der Waals surface area (Å²) in [6, 6.07) is 36.1. The van der Waals surface area contributed by atoms with Crippen LogP contribution in [0.25, 0.3) is 21.8 Å². The molecular formula is C34H27N3O. The molecule has 1 amide bonds. The average molecular weight is 494 g/mol. The average Bonchev–Trinajstić information content (AvgIpc) is 3.65. The zero-order valence-electron chi connectivity index (χ0n) is 21.3. The summed E-state index contributed by atoms with van der Waals surface area (Å²) in [6.45, 7) is 0. The van der Waals surface area contributed by atoms with E-state index in [9.17, 15) is 4.79 Å². The van der Waals surface area contributed by atoms with E-state index < -0.39 is 5.41 Å². The third kappa shape index (κ3) is 2.48. The first-order valence-electron chi connectivity index (χ1n) is 13.2. The van der Waals surface area contributed by atoms with Crippen LogP contribution >= 0.6 is 0 Å². The predicted molar refractivity (Wildman–Crippen MR) is 153 cm³/mol. The highest BCUT2D eigenvalue weighted by Crippen LogP contribution is 2.66. The molecule has 1 aliphatic carbocycles. The van der Waals surface area contributed by atoms with Crippen molar-refractivity contribution < 1.29 is 4.79 Å². The van der Waals surface area contributed by atoms with Crippen molar-refractivity contribution in [2.24, 2.45) is 7.05 Å². The van der Waals surface area contributed by atoms with Crippen LogP contribution < -0.4 is 4.90 Å². The minimum atomic E-state index is -0.844. The molecule has 0 bridgehead atoms. The first kappa shape index (κ1) is 21.5. The number of para-hydroxylation sites is 3. The van der Waals surface area contributed by atoms with Crippen LogP contribution in [0.2, 0.25) is 0 Å². The van der Waals surface area contributed by atoms with E-state index in [-0.39, 0.29) is 17.7 Å². The quantitative estimate of drug-likeness (QED) is 0.282. The number of likely N-dealkylation sites (N-methyl/N-ethyl adjacent to an activating group) is 1. The largest absolute Gasteiger partial charge is 0.358 e. The third-order valence-electron chi connectivity index (χ3n) is 8.99. The molecule has 1 aliphatic heterocycles. The first-order chi connectivity index (χ1) is 18.6. The van der Waals surface area contributed by atoms with Gasteiger partial charge in [-0.25, -0.2) is 0 Å². The molecule has 38 heavy (non-hydrogen) atoms. The Hall–Kier alpha value is -4.57. The van der Waals surface area contributed by atoms with Crippen LogP contribution in [0.15, 0.2) is 109 Å². The van der Waals surface area contributed by atoms with Crippen LogP contribution in [-0.2, 0) is 17.3 Å². The number of carbonyl (C=O) groups is 1. The van der Waals surface area contributed by atoms with Crippen molar-refractivity contribution >= 4 is 33.4 Å². The summed E-state index contributed by atoms with van der Waals surface area (Å²) in [5.41, 5.74) is 8.22. The Morgan fingerprint density at radius 1 is 0.763 bits per heavy atom. The molecule has 4 nitrogen and oxygen atoms in total. The number of nitrogens with one attached hydrogen (secondary N) is 1. The van der Waals surface area contributed by atoms with Gasteiger partial charge in [0.05, 0.1) is 0 Å². The predicted octanol–water partition coefficient (Wildman–Crippen LogP) is 6.85. The fraction of sp³-hybridized carbons (Fsp3) is 0.147. The SMILES string of the molecule is CN1C(=O)C2(c3ccccc31)c1c([nH]c3ccccc13)C(c1cn(C)c3ccccc13)C2c1ccccc1. The molecule has 8 rings (SSSR count). The number of aromatic nitrogens is 2. The third-order valence-corrected chi connectivity index (χ3v) is 8.99.